The molecule has 0 aromatic heterocycles. The average Bonchev–Trinajstić information content (AvgIpc) is 2.48. The summed E-state index contributed by atoms with van der Waals surface area (Å²) in [6, 6.07) is 9.69. The Bertz CT molecular complexity index is 350. The van der Waals surface area contributed by atoms with E-state index in [1.54, 1.807) is 0 Å². The fraction of sp³-hybridized carbons (Fsp3) is 0.417. The minimum Gasteiger partial charge on any atom is -0.337 e. The summed E-state index contributed by atoms with van der Waals surface area (Å²) < 4.78 is 0. The van der Waals surface area contributed by atoms with Gasteiger partial charge in [0.2, 0.25) is 5.91 Å². The highest BCUT2D eigenvalue weighted by Gasteiger charge is 2.34. The van der Waals surface area contributed by atoms with Crippen molar-refractivity contribution in [3.8, 4) is 0 Å². The van der Waals surface area contributed by atoms with Crippen molar-refractivity contribution in [3.05, 3.63) is 35.9 Å². The van der Waals surface area contributed by atoms with Crippen molar-refractivity contribution in [2.45, 2.75) is 19.5 Å². The van der Waals surface area contributed by atoms with Crippen molar-refractivity contribution in [3.63, 3.8) is 0 Å². The van der Waals surface area contributed by atoms with Gasteiger partial charge in [-0.05, 0) is 11.5 Å². The first-order valence-corrected chi connectivity index (χ1v) is 5.27. The molecule has 1 fully saturated rings. The lowest BCUT2D eigenvalue weighted by molar-refractivity contribution is -0.129. The molecule has 15 heavy (non-hydrogen) atoms. The van der Waals surface area contributed by atoms with Gasteiger partial charge in [0.05, 0.1) is 6.04 Å². The number of hydrogen-bond acceptors (Lipinski definition) is 2. The third-order valence-corrected chi connectivity index (χ3v) is 2.93. The Balaban J connectivity index is 2.05. The lowest BCUT2D eigenvalue weighted by Gasteiger charge is -2.15. The summed E-state index contributed by atoms with van der Waals surface area (Å²) in [5.74, 6) is 0.340. The topological polar surface area (TPSA) is 46.3 Å². The molecule has 2 atom stereocenters. The van der Waals surface area contributed by atoms with Crippen LogP contribution in [0.3, 0.4) is 0 Å². The van der Waals surface area contributed by atoms with Crippen LogP contribution in [-0.4, -0.2) is 23.4 Å². The van der Waals surface area contributed by atoms with Crippen LogP contribution in [0.2, 0.25) is 0 Å². The van der Waals surface area contributed by atoms with E-state index in [-0.39, 0.29) is 17.9 Å². The van der Waals surface area contributed by atoms with E-state index in [1.807, 2.05) is 42.2 Å². The lowest BCUT2D eigenvalue weighted by atomic mass is 10.1. The number of carbonyl (C=O) groups is 1. The molecule has 0 saturated carbocycles. The maximum Gasteiger partial charge on any atom is 0.240 e. The molecule has 1 amide bonds. The van der Waals surface area contributed by atoms with E-state index in [4.69, 9.17) is 5.73 Å². The van der Waals surface area contributed by atoms with Crippen molar-refractivity contribution in [2.75, 3.05) is 6.54 Å². The van der Waals surface area contributed by atoms with Crippen LogP contribution in [0.4, 0.5) is 0 Å². The number of benzene rings is 1. The van der Waals surface area contributed by atoms with Crippen molar-refractivity contribution in [1.82, 2.24) is 4.90 Å². The first-order chi connectivity index (χ1) is 7.18. The molecular weight excluding hydrogens is 188 g/mol. The lowest BCUT2D eigenvalue weighted by Crippen LogP contribution is -2.35. The molecular formula is C12H16N2O. The van der Waals surface area contributed by atoms with Gasteiger partial charge in [-0.15, -0.1) is 0 Å². The summed E-state index contributed by atoms with van der Waals surface area (Å²) in [6.07, 6.45) is 0. The van der Waals surface area contributed by atoms with E-state index in [1.165, 1.54) is 0 Å². The molecule has 1 aromatic carbocycles. The minimum atomic E-state index is -0.311. The number of nitrogens with two attached hydrogens (primary N) is 1. The maximum atomic E-state index is 11.7. The summed E-state index contributed by atoms with van der Waals surface area (Å²) in [7, 11) is 0. The second-order valence-corrected chi connectivity index (χ2v) is 4.21. The van der Waals surface area contributed by atoms with Crippen LogP contribution >= 0.6 is 0 Å². The second kappa shape index (κ2) is 4.03. The van der Waals surface area contributed by atoms with Crippen molar-refractivity contribution < 1.29 is 4.79 Å². The quantitative estimate of drug-likeness (QED) is 0.781. The van der Waals surface area contributed by atoms with E-state index in [0.717, 1.165) is 12.1 Å². The zero-order chi connectivity index (χ0) is 10.8. The zero-order valence-electron chi connectivity index (χ0n) is 8.89. The van der Waals surface area contributed by atoms with Crippen LogP contribution in [-0.2, 0) is 11.3 Å². The fourth-order valence-corrected chi connectivity index (χ4v) is 1.95. The van der Waals surface area contributed by atoms with E-state index in [0.29, 0.717) is 6.54 Å². The maximum absolute atomic E-state index is 11.7. The van der Waals surface area contributed by atoms with Gasteiger partial charge in [0.25, 0.3) is 0 Å². The van der Waals surface area contributed by atoms with E-state index < -0.39 is 0 Å². The third kappa shape index (κ3) is 2.02. The smallest absolute Gasteiger partial charge is 0.240 e. The highest BCUT2D eigenvalue weighted by Crippen LogP contribution is 2.18. The zero-order valence-corrected chi connectivity index (χ0v) is 8.89. The number of carbonyl (C=O) groups excluding carboxylic acids is 1. The van der Waals surface area contributed by atoms with Crippen LogP contribution < -0.4 is 5.73 Å². The van der Waals surface area contributed by atoms with Crippen LogP contribution in [0.15, 0.2) is 30.3 Å². The van der Waals surface area contributed by atoms with Crippen molar-refractivity contribution in [2.24, 2.45) is 11.7 Å². The van der Waals surface area contributed by atoms with Crippen LogP contribution in [0, 0.1) is 5.92 Å². The molecule has 3 nitrogen and oxygen atoms in total. The number of hydrogen-bond donors (Lipinski definition) is 1. The Morgan fingerprint density at radius 1 is 1.40 bits per heavy atom. The van der Waals surface area contributed by atoms with Gasteiger partial charge in [0.15, 0.2) is 0 Å². The molecule has 80 valence electrons. The van der Waals surface area contributed by atoms with E-state index in [9.17, 15) is 4.79 Å². The molecule has 0 radical (unpaired) electrons. The Morgan fingerprint density at radius 3 is 2.60 bits per heavy atom. The Morgan fingerprint density at radius 2 is 2.07 bits per heavy atom. The van der Waals surface area contributed by atoms with Crippen molar-refractivity contribution in [1.29, 1.82) is 0 Å². The largest absolute Gasteiger partial charge is 0.337 e. The van der Waals surface area contributed by atoms with Gasteiger partial charge in [0, 0.05) is 13.1 Å². The first-order valence-electron chi connectivity index (χ1n) is 5.27. The summed E-state index contributed by atoms with van der Waals surface area (Å²) in [4.78, 5) is 13.6. The molecule has 0 spiro atoms. The highest BCUT2D eigenvalue weighted by atomic mass is 16.2. The monoisotopic (exact) mass is 204 g/mol. The molecule has 3 heteroatoms. The standard InChI is InChI=1S/C12H16N2O/c1-9-7-14(12(15)11(9)13)8-10-5-3-2-4-6-10/h2-6,9,11H,7-8,13H2,1H3. The summed E-state index contributed by atoms with van der Waals surface area (Å²) in [5.41, 5.74) is 6.93. The number of likely N-dealkylation sites (tertiary alicyclic amines) is 1. The first kappa shape index (κ1) is 10.2. The SMILES string of the molecule is CC1CN(Cc2ccccc2)C(=O)C1N. The molecule has 0 bridgehead atoms. The van der Waals surface area contributed by atoms with Gasteiger partial charge >= 0.3 is 0 Å². The van der Waals surface area contributed by atoms with E-state index in [2.05, 4.69) is 0 Å². The van der Waals surface area contributed by atoms with Gasteiger partial charge in [-0.2, -0.15) is 0 Å². The molecule has 0 aliphatic carbocycles. The molecule has 2 rings (SSSR count). The third-order valence-electron chi connectivity index (χ3n) is 2.93. The van der Waals surface area contributed by atoms with Crippen molar-refractivity contribution >= 4 is 5.91 Å². The predicted octanol–water partition coefficient (Wildman–Crippen LogP) is 0.992. The van der Waals surface area contributed by atoms with Gasteiger partial charge in [-0.1, -0.05) is 37.3 Å². The van der Waals surface area contributed by atoms with Crippen LogP contribution in [0.5, 0.6) is 0 Å². The van der Waals surface area contributed by atoms with Gasteiger partial charge in [0.1, 0.15) is 0 Å². The van der Waals surface area contributed by atoms with Gasteiger partial charge < -0.3 is 10.6 Å². The van der Waals surface area contributed by atoms with Crippen LogP contribution in [0.25, 0.3) is 0 Å². The average molecular weight is 204 g/mol. The molecule has 2 N–H and O–H groups in total. The molecule has 1 aliphatic rings. The summed E-state index contributed by atoms with van der Waals surface area (Å²) in [6.45, 7) is 3.47. The molecule has 1 heterocycles. The normalized spacial score (nSPS) is 26.0. The predicted molar refractivity (Wildman–Crippen MR) is 59.0 cm³/mol. The number of nitrogens with zero attached hydrogens (tertiary/aromatic N) is 1. The number of rotatable bonds is 2. The summed E-state index contributed by atoms with van der Waals surface area (Å²) >= 11 is 0. The number of amides is 1. The fourth-order valence-electron chi connectivity index (χ4n) is 1.95. The molecule has 2 unspecified atom stereocenters. The summed E-state index contributed by atoms with van der Waals surface area (Å²) in [5, 5.41) is 0. The van der Waals surface area contributed by atoms with Gasteiger partial charge in [-0.25, -0.2) is 0 Å². The highest BCUT2D eigenvalue weighted by molar-refractivity contribution is 5.84. The molecule has 1 saturated heterocycles. The Hall–Kier alpha value is -1.35. The minimum absolute atomic E-state index is 0.0753. The Labute approximate surface area is 89.9 Å². The Kier molecular flexibility index (Phi) is 2.73. The molecule has 1 aromatic rings. The van der Waals surface area contributed by atoms with Crippen LogP contribution in [0.1, 0.15) is 12.5 Å². The second-order valence-electron chi connectivity index (χ2n) is 4.21. The van der Waals surface area contributed by atoms with Gasteiger partial charge in [-0.3, -0.25) is 4.79 Å². The molecule has 1 aliphatic heterocycles. The van der Waals surface area contributed by atoms with E-state index >= 15 is 0 Å².